The maximum absolute atomic E-state index is 5.27. The normalized spacial score (nSPS) is 9.75. The Bertz CT molecular complexity index is 296. The SMILES string of the molecule is C#Cc1nc(CCNC)sc1C. The molecule has 0 amide bonds. The number of thiazole rings is 1. The molecule has 0 bridgehead atoms. The topological polar surface area (TPSA) is 24.9 Å². The fourth-order valence-electron chi connectivity index (χ4n) is 0.924. The quantitative estimate of drug-likeness (QED) is 0.707. The van der Waals surface area contributed by atoms with E-state index >= 15 is 0 Å². The number of hydrogen-bond donors (Lipinski definition) is 1. The monoisotopic (exact) mass is 180 g/mol. The molecule has 12 heavy (non-hydrogen) atoms. The molecule has 0 saturated carbocycles. The van der Waals surface area contributed by atoms with Gasteiger partial charge in [-0.15, -0.1) is 17.8 Å². The molecule has 0 saturated heterocycles. The third-order valence-corrected chi connectivity index (χ3v) is 2.60. The minimum Gasteiger partial charge on any atom is -0.319 e. The summed E-state index contributed by atoms with van der Waals surface area (Å²) in [5, 5.41) is 4.20. The molecular weight excluding hydrogens is 168 g/mol. The van der Waals surface area contributed by atoms with E-state index in [1.165, 1.54) is 0 Å². The summed E-state index contributed by atoms with van der Waals surface area (Å²) in [6.07, 6.45) is 6.23. The first-order valence-electron chi connectivity index (χ1n) is 3.85. The average Bonchev–Trinajstić information content (AvgIpc) is 2.43. The average molecular weight is 180 g/mol. The molecule has 0 radical (unpaired) electrons. The van der Waals surface area contributed by atoms with Crippen LogP contribution in [0.15, 0.2) is 0 Å². The van der Waals surface area contributed by atoms with Crippen molar-refractivity contribution in [3.05, 3.63) is 15.6 Å². The van der Waals surface area contributed by atoms with E-state index in [9.17, 15) is 0 Å². The Labute approximate surface area is 77.0 Å². The van der Waals surface area contributed by atoms with Gasteiger partial charge in [0.2, 0.25) is 0 Å². The van der Waals surface area contributed by atoms with Crippen molar-refractivity contribution in [2.75, 3.05) is 13.6 Å². The van der Waals surface area contributed by atoms with Gasteiger partial charge in [0, 0.05) is 17.8 Å². The van der Waals surface area contributed by atoms with Crippen molar-refractivity contribution in [1.82, 2.24) is 10.3 Å². The highest BCUT2D eigenvalue weighted by molar-refractivity contribution is 7.11. The van der Waals surface area contributed by atoms with Gasteiger partial charge in [0.05, 0.1) is 5.01 Å². The van der Waals surface area contributed by atoms with Crippen LogP contribution in [0.1, 0.15) is 15.6 Å². The molecule has 3 heteroatoms. The van der Waals surface area contributed by atoms with Gasteiger partial charge in [-0.05, 0) is 19.9 Å². The van der Waals surface area contributed by atoms with Crippen LogP contribution in [-0.4, -0.2) is 18.6 Å². The lowest BCUT2D eigenvalue weighted by Crippen LogP contribution is -2.09. The Hall–Kier alpha value is -0.850. The molecule has 1 heterocycles. The Morgan fingerprint density at radius 2 is 2.42 bits per heavy atom. The Balaban J connectivity index is 2.70. The number of aryl methyl sites for hydroxylation is 1. The van der Waals surface area contributed by atoms with Gasteiger partial charge in [0.25, 0.3) is 0 Å². The maximum Gasteiger partial charge on any atom is 0.127 e. The first-order chi connectivity index (χ1) is 5.77. The summed E-state index contributed by atoms with van der Waals surface area (Å²) < 4.78 is 0. The highest BCUT2D eigenvalue weighted by atomic mass is 32.1. The van der Waals surface area contributed by atoms with Gasteiger partial charge in [-0.2, -0.15) is 0 Å². The van der Waals surface area contributed by atoms with Crippen LogP contribution < -0.4 is 5.32 Å². The van der Waals surface area contributed by atoms with Crippen molar-refractivity contribution in [3.8, 4) is 12.3 Å². The highest BCUT2D eigenvalue weighted by Gasteiger charge is 2.03. The molecule has 2 nitrogen and oxygen atoms in total. The third kappa shape index (κ3) is 2.07. The smallest absolute Gasteiger partial charge is 0.127 e. The Kier molecular flexibility index (Phi) is 3.27. The van der Waals surface area contributed by atoms with Crippen LogP contribution in [0.25, 0.3) is 0 Å². The van der Waals surface area contributed by atoms with Crippen molar-refractivity contribution >= 4 is 11.3 Å². The molecule has 0 aromatic carbocycles. The van der Waals surface area contributed by atoms with Crippen LogP contribution in [0.5, 0.6) is 0 Å². The lowest BCUT2D eigenvalue weighted by molar-refractivity contribution is 0.787. The molecule has 0 atom stereocenters. The van der Waals surface area contributed by atoms with Gasteiger partial charge in [-0.1, -0.05) is 0 Å². The summed E-state index contributed by atoms with van der Waals surface area (Å²) in [5.41, 5.74) is 0.797. The summed E-state index contributed by atoms with van der Waals surface area (Å²) in [4.78, 5) is 5.45. The third-order valence-electron chi connectivity index (χ3n) is 1.57. The van der Waals surface area contributed by atoms with E-state index < -0.39 is 0 Å². The largest absolute Gasteiger partial charge is 0.319 e. The Morgan fingerprint density at radius 3 is 2.92 bits per heavy atom. The summed E-state index contributed by atoms with van der Waals surface area (Å²) in [6, 6.07) is 0. The molecule has 1 rings (SSSR count). The van der Waals surface area contributed by atoms with E-state index in [0.29, 0.717) is 0 Å². The molecule has 64 valence electrons. The summed E-state index contributed by atoms with van der Waals surface area (Å²) in [5.74, 6) is 2.57. The predicted octanol–water partition coefficient (Wildman–Crippen LogP) is 1.19. The van der Waals surface area contributed by atoms with Gasteiger partial charge in [-0.25, -0.2) is 4.98 Å². The molecule has 0 aliphatic rings. The van der Waals surface area contributed by atoms with Crippen LogP contribution in [0.4, 0.5) is 0 Å². The van der Waals surface area contributed by atoms with Crippen LogP contribution in [0, 0.1) is 19.3 Å². The minimum atomic E-state index is 0.797. The second-order valence-corrected chi connectivity index (χ2v) is 3.80. The van der Waals surface area contributed by atoms with Gasteiger partial charge in [-0.3, -0.25) is 0 Å². The number of likely N-dealkylation sites (N-methyl/N-ethyl adjacent to an activating group) is 1. The summed E-state index contributed by atoms with van der Waals surface area (Å²) >= 11 is 1.69. The zero-order valence-corrected chi connectivity index (χ0v) is 8.16. The fourth-order valence-corrected chi connectivity index (χ4v) is 1.82. The molecule has 1 aromatic heterocycles. The molecule has 0 aliphatic carbocycles. The maximum atomic E-state index is 5.27. The molecular formula is C9H12N2S. The lowest BCUT2D eigenvalue weighted by Gasteiger charge is -1.92. The van der Waals surface area contributed by atoms with Gasteiger partial charge in [0.1, 0.15) is 5.69 Å². The number of nitrogens with zero attached hydrogens (tertiary/aromatic N) is 1. The summed E-state index contributed by atoms with van der Waals surface area (Å²) in [6.45, 7) is 2.96. The second kappa shape index (κ2) is 4.24. The predicted molar refractivity (Wildman–Crippen MR) is 52.4 cm³/mol. The number of rotatable bonds is 3. The summed E-state index contributed by atoms with van der Waals surface area (Å²) in [7, 11) is 1.93. The van der Waals surface area contributed by atoms with E-state index in [4.69, 9.17) is 6.42 Å². The van der Waals surface area contributed by atoms with Crippen LogP contribution >= 0.6 is 11.3 Å². The van der Waals surface area contributed by atoms with Crippen LogP contribution in [0.3, 0.4) is 0 Å². The van der Waals surface area contributed by atoms with E-state index in [1.54, 1.807) is 11.3 Å². The van der Waals surface area contributed by atoms with Crippen molar-refractivity contribution in [1.29, 1.82) is 0 Å². The first-order valence-corrected chi connectivity index (χ1v) is 4.67. The lowest BCUT2D eigenvalue weighted by atomic mass is 10.4. The van der Waals surface area contributed by atoms with E-state index in [2.05, 4.69) is 16.2 Å². The number of terminal acetylenes is 1. The standard InChI is InChI=1S/C9H12N2S/c1-4-8-7(2)12-9(11-8)5-6-10-3/h1,10H,5-6H2,2-3H3. The number of nitrogens with one attached hydrogen (secondary N) is 1. The zero-order chi connectivity index (χ0) is 8.97. The fraction of sp³-hybridized carbons (Fsp3) is 0.444. The minimum absolute atomic E-state index is 0.797. The van der Waals surface area contributed by atoms with Crippen LogP contribution in [0.2, 0.25) is 0 Å². The molecule has 0 aliphatic heterocycles. The van der Waals surface area contributed by atoms with Crippen molar-refractivity contribution in [2.24, 2.45) is 0 Å². The van der Waals surface area contributed by atoms with Gasteiger partial charge >= 0.3 is 0 Å². The molecule has 1 aromatic rings. The zero-order valence-electron chi connectivity index (χ0n) is 7.35. The van der Waals surface area contributed by atoms with E-state index in [0.717, 1.165) is 28.5 Å². The molecule has 1 N–H and O–H groups in total. The van der Waals surface area contributed by atoms with E-state index in [-0.39, 0.29) is 0 Å². The van der Waals surface area contributed by atoms with Crippen molar-refractivity contribution < 1.29 is 0 Å². The van der Waals surface area contributed by atoms with Crippen LogP contribution in [-0.2, 0) is 6.42 Å². The number of hydrogen-bond acceptors (Lipinski definition) is 3. The number of aromatic nitrogens is 1. The van der Waals surface area contributed by atoms with Crippen molar-refractivity contribution in [2.45, 2.75) is 13.3 Å². The highest BCUT2D eigenvalue weighted by Crippen LogP contribution is 2.16. The van der Waals surface area contributed by atoms with Crippen molar-refractivity contribution in [3.63, 3.8) is 0 Å². The molecule has 0 unspecified atom stereocenters. The van der Waals surface area contributed by atoms with E-state index in [1.807, 2.05) is 14.0 Å². The van der Waals surface area contributed by atoms with Gasteiger partial charge < -0.3 is 5.32 Å². The second-order valence-electron chi connectivity index (χ2n) is 2.51. The molecule has 0 fully saturated rings. The Morgan fingerprint density at radius 1 is 1.67 bits per heavy atom. The molecule has 0 spiro atoms. The first kappa shape index (κ1) is 9.24. The van der Waals surface area contributed by atoms with Gasteiger partial charge in [0.15, 0.2) is 0 Å².